The van der Waals surface area contributed by atoms with Crippen LogP contribution in [-0.4, -0.2) is 16.2 Å². The van der Waals surface area contributed by atoms with Gasteiger partial charge in [0.05, 0.1) is 21.8 Å². The third-order valence-electron chi connectivity index (χ3n) is 3.61. The number of hydrogen-bond acceptors (Lipinski definition) is 2. The minimum Gasteiger partial charge on any atom is -0.363 e. The normalized spacial score (nSPS) is 21.2. The highest BCUT2D eigenvalue weighted by atomic mass is 35.5. The van der Waals surface area contributed by atoms with Gasteiger partial charge in [-0.1, -0.05) is 29.3 Å². The number of aromatic nitrogens is 2. The van der Waals surface area contributed by atoms with E-state index in [4.69, 9.17) is 23.2 Å². The summed E-state index contributed by atoms with van der Waals surface area (Å²) in [4.78, 5) is 0. The summed E-state index contributed by atoms with van der Waals surface area (Å²) in [5, 5.41) is 8.23. The molecule has 1 aliphatic rings. The van der Waals surface area contributed by atoms with E-state index < -0.39 is 12.5 Å². The zero-order chi connectivity index (χ0) is 15.1. The fourth-order valence-corrected chi connectivity index (χ4v) is 2.92. The van der Waals surface area contributed by atoms with E-state index in [1.165, 1.54) is 4.68 Å². The van der Waals surface area contributed by atoms with Crippen molar-refractivity contribution in [3.05, 3.63) is 45.6 Å². The molecule has 1 N–H and O–H groups in total. The first-order valence-corrected chi connectivity index (χ1v) is 7.27. The van der Waals surface area contributed by atoms with Gasteiger partial charge >= 0.3 is 0 Å². The summed E-state index contributed by atoms with van der Waals surface area (Å²) in [6.45, 7) is 1.78. The quantitative estimate of drug-likeness (QED) is 0.851. The molecule has 112 valence electrons. The maximum absolute atomic E-state index is 13.3. The minimum absolute atomic E-state index is 0.240. The topological polar surface area (TPSA) is 29.9 Å². The molecule has 3 nitrogen and oxygen atoms in total. The molecule has 0 saturated carbocycles. The van der Waals surface area contributed by atoms with E-state index in [-0.39, 0.29) is 12.5 Å². The van der Waals surface area contributed by atoms with E-state index in [2.05, 4.69) is 10.4 Å². The van der Waals surface area contributed by atoms with Crippen molar-refractivity contribution in [1.29, 1.82) is 0 Å². The van der Waals surface area contributed by atoms with E-state index in [1.807, 2.05) is 0 Å². The maximum Gasteiger partial charge on any atom is 0.260 e. The Kier molecular flexibility index (Phi) is 3.80. The lowest BCUT2D eigenvalue weighted by atomic mass is 9.97. The molecule has 2 heterocycles. The van der Waals surface area contributed by atoms with Crippen molar-refractivity contribution in [3.63, 3.8) is 0 Å². The molecule has 0 radical (unpaired) electrons. The Morgan fingerprint density at radius 1 is 1.29 bits per heavy atom. The van der Waals surface area contributed by atoms with Crippen LogP contribution in [-0.2, 0) is 0 Å². The Hall–Kier alpha value is -1.33. The highest BCUT2D eigenvalue weighted by molar-refractivity contribution is 6.42. The second-order valence-electron chi connectivity index (χ2n) is 5.12. The smallest absolute Gasteiger partial charge is 0.260 e. The van der Waals surface area contributed by atoms with Gasteiger partial charge in [-0.2, -0.15) is 5.10 Å². The van der Waals surface area contributed by atoms with E-state index in [0.29, 0.717) is 21.6 Å². The number of fused-ring (bicyclic) bond motifs is 1. The molecule has 2 unspecified atom stereocenters. The molecular weight excluding hydrogens is 319 g/mol. The molecule has 0 amide bonds. The van der Waals surface area contributed by atoms with Crippen LogP contribution in [0.2, 0.25) is 10.0 Å². The first kappa shape index (κ1) is 14.6. The standard InChI is InChI=1S/C14H13Cl2F2N3/c1-7-4-13-19-11(6-12(14(17)18)21(13)20-7)8-2-3-9(15)10(16)5-8/h2-5,11-12,14,19H,6H2,1H3. The summed E-state index contributed by atoms with van der Waals surface area (Å²) in [5.41, 5.74) is 1.54. The highest BCUT2D eigenvalue weighted by Gasteiger charge is 2.34. The second kappa shape index (κ2) is 5.46. The van der Waals surface area contributed by atoms with E-state index in [9.17, 15) is 8.78 Å². The Bertz CT molecular complexity index is 672. The number of hydrogen-bond donors (Lipinski definition) is 1. The lowest BCUT2D eigenvalue weighted by molar-refractivity contribution is 0.0657. The zero-order valence-corrected chi connectivity index (χ0v) is 12.7. The Labute approximate surface area is 130 Å². The maximum atomic E-state index is 13.3. The van der Waals surface area contributed by atoms with E-state index in [0.717, 1.165) is 5.56 Å². The summed E-state index contributed by atoms with van der Waals surface area (Å²) in [5.74, 6) is 0.597. The average Bonchev–Trinajstić information content (AvgIpc) is 2.80. The largest absolute Gasteiger partial charge is 0.363 e. The van der Waals surface area contributed by atoms with Gasteiger partial charge in [-0.25, -0.2) is 13.5 Å². The summed E-state index contributed by atoms with van der Waals surface area (Å²) in [6.07, 6.45) is -2.24. The summed E-state index contributed by atoms with van der Waals surface area (Å²) >= 11 is 11.9. The van der Waals surface area contributed by atoms with Crippen LogP contribution in [0.5, 0.6) is 0 Å². The van der Waals surface area contributed by atoms with E-state index >= 15 is 0 Å². The summed E-state index contributed by atoms with van der Waals surface area (Å²) in [7, 11) is 0. The van der Waals surface area contributed by atoms with Gasteiger partial charge in [-0.05, 0) is 31.0 Å². The van der Waals surface area contributed by atoms with Gasteiger partial charge in [-0.15, -0.1) is 0 Å². The van der Waals surface area contributed by atoms with Crippen LogP contribution in [0.25, 0.3) is 0 Å². The minimum atomic E-state index is -2.48. The number of nitrogens with one attached hydrogen (secondary N) is 1. The molecule has 21 heavy (non-hydrogen) atoms. The number of halogens is 4. The number of alkyl halides is 2. The average molecular weight is 332 g/mol. The molecule has 1 aromatic heterocycles. The lowest BCUT2D eigenvalue weighted by Gasteiger charge is -2.32. The molecule has 2 atom stereocenters. The van der Waals surface area contributed by atoms with Crippen LogP contribution >= 0.6 is 23.2 Å². The van der Waals surface area contributed by atoms with Gasteiger partial charge in [-0.3, -0.25) is 0 Å². The van der Waals surface area contributed by atoms with Crippen molar-refractivity contribution in [1.82, 2.24) is 9.78 Å². The van der Waals surface area contributed by atoms with Crippen molar-refractivity contribution < 1.29 is 8.78 Å². The first-order valence-electron chi connectivity index (χ1n) is 6.51. The molecule has 2 aromatic rings. The molecule has 7 heteroatoms. The molecule has 0 saturated heterocycles. The highest BCUT2D eigenvalue weighted by Crippen LogP contribution is 2.39. The van der Waals surface area contributed by atoms with Crippen LogP contribution < -0.4 is 5.32 Å². The number of rotatable bonds is 2. The van der Waals surface area contributed by atoms with Crippen LogP contribution in [0, 0.1) is 6.92 Å². The van der Waals surface area contributed by atoms with Crippen molar-refractivity contribution >= 4 is 29.0 Å². The fraction of sp³-hybridized carbons (Fsp3) is 0.357. The molecule has 3 rings (SSSR count). The van der Waals surface area contributed by atoms with Crippen LogP contribution in [0.1, 0.15) is 29.8 Å². The van der Waals surface area contributed by atoms with Gasteiger partial charge in [0.25, 0.3) is 6.43 Å². The number of nitrogens with zero attached hydrogens (tertiary/aromatic N) is 2. The monoisotopic (exact) mass is 331 g/mol. The fourth-order valence-electron chi connectivity index (χ4n) is 2.61. The molecule has 1 aliphatic heterocycles. The number of aryl methyl sites for hydroxylation is 1. The van der Waals surface area contributed by atoms with Crippen molar-refractivity contribution in [3.8, 4) is 0 Å². The van der Waals surface area contributed by atoms with Gasteiger partial charge in [0.1, 0.15) is 11.9 Å². The molecule has 0 spiro atoms. The molecule has 1 aromatic carbocycles. The van der Waals surface area contributed by atoms with Crippen LogP contribution in [0.4, 0.5) is 14.6 Å². The molecule has 0 fully saturated rings. The predicted octanol–water partition coefficient (Wildman–Crippen LogP) is 4.86. The Balaban J connectivity index is 1.97. The Morgan fingerprint density at radius 3 is 2.71 bits per heavy atom. The lowest BCUT2D eigenvalue weighted by Crippen LogP contribution is -2.30. The third-order valence-corrected chi connectivity index (χ3v) is 4.35. The summed E-state index contributed by atoms with van der Waals surface area (Å²) < 4.78 is 28.0. The molecule has 0 bridgehead atoms. The third kappa shape index (κ3) is 2.72. The van der Waals surface area contributed by atoms with Crippen molar-refractivity contribution in [2.24, 2.45) is 0 Å². The van der Waals surface area contributed by atoms with Gasteiger partial charge in [0.2, 0.25) is 0 Å². The zero-order valence-electron chi connectivity index (χ0n) is 11.2. The van der Waals surface area contributed by atoms with Gasteiger partial charge < -0.3 is 5.32 Å². The van der Waals surface area contributed by atoms with Gasteiger partial charge in [0, 0.05) is 6.07 Å². The molecular formula is C14H13Cl2F2N3. The number of anilines is 1. The Morgan fingerprint density at radius 2 is 2.05 bits per heavy atom. The predicted molar refractivity (Wildman–Crippen MR) is 79.4 cm³/mol. The number of benzene rings is 1. The second-order valence-corrected chi connectivity index (χ2v) is 5.94. The summed E-state index contributed by atoms with van der Waals surface area (Å²) in [6, 6.07) is 5.75. The van der Waals surface area contributed by atoms with Crippen LogP contribution in [0.3, 0.4) is 0 Å². The van der Waals surface area contributed by atoms with Crippen molar-refractivity contribution in [2.75, 3.05) is 5.32 Å². The van der Waals surface area contributed by atoms with Crippen molar-refractivity contribution in [2.45, 2.75) is 31.9 Å². The molecule has 0 aliphatic carbocycles. The SMILES string of the molecule is Cc1cc2n(n1)C(C(F)F)CC(c1ccc(Cl)c(Cl)c1)N2. The van der Waals surface area contributed by atoms with Crippen LogP contribution in [0.15, 0.2) is 24.3 Å². The first-order chi connectivity index (χ1) is 9.95. The van der Waals surface area contributed by atoms with Gasteiger partial charge in [0.15, 0.2) is 0 Å². The van der Waals surface area contributed by atoms with E-state index in [1.54, 1.807) is 31.2 Å².